The summed E-state index contributed by atoms with van der Waals surface area (Å²) >= 11 is 12.1. The lowest BCUT2D eigenvalue weighted by atomic mass is 10.2. The molecule has 0 aliphatic carbocycles. The smallest absolute Gasteiger partial charge is 0.244 e. The van der Waals surface area contributed by atoms with Crippen LogP contribution in [0.5, 0.6) is 0 Å². The molecule has 7 heteroatoms. The highest BCUT2D eigenvalue weighted by Crippen LogP contribution is 2.30. The average molecular weight is 337 g/mol. The fourth-order valence-electron chi connectivity index (χ4n) is 1.61. The minimum Gasteiger partial charge on any atom is -0.313 e. The molecule has 0 saturated carbocycles. The van der Waals surface area contributed by atoms with E-state index in [2.05, 4.69) is 11.9 Å². The van der Waals surface area contributed by atoms with Gasteiger partial charge in [-0.3, -0.25) is 0 Å². The zero-order valence-electron chi connectivity index (χ0n) is 11.5. The number of hydrogen-bond acceptors (Lipinski definition) is 3. The molecule has 112 valence electrons. The molecule has 0 saturated heterocycles. The van der Waals surface area contributed by atoms with Gasteiger partial charge in [0.2, 0.25) is 10.0 Å². The molecule has 0 fully saturated rings. The van der Waals surface area contributed by atoms with Crippen LogP contribution in [0.25, 0.3) is 0 Å². The second kappa shape index (κ2) is 7.43. The fraction of sp³-hybridized carbons (Fsp3) is 0.385. The Bertz CT molecular complexity index is 588. The molecule has 0 heterocycles. The van der Waals surface area contributed by atoms with Crippen molar-refractivity contribution in [1.82, 2.24) is 9.62 Å². The second-order valence-electron chi connectivity index (χ2n) is 4.23. The Morgan fingerprint density at radius 1 is 1.35 bits per heavy atom. The van der Waals surface area contributed by atoms with Crippen molar-refractivity contribution in [1.29, 1.82) is 0 Å². The molecule has 0 atom stereocenters. The summed E-state index contributed by atoms with van der Waals surface area (Å²) in [4.78, 5) is 0.0563. The number of nitrogens with one attached hydrogen (secondary N) is 1. The first-order valence-electron chi connectivity index (χ1n) is 6.10. The van der Waals surface area contributed by atoms with E-state index in [9.17, 15) is 8.42 Å². The Morgan fingerprint density at radius 2 is 2.00 bits per heavy atom. The van der Waals surface area contributed by atoms with Crippen LogP contribution < -0.4 is 5.32 Å². The van der Waals surface area contributed by atoms with E-state index in [0.29, 0.717) is 17.1 Å². The van der Waals surface area contributed by atoms with Gasteiger partial charge in [-0.1, -0.05) is 36.2 Å². The van der Waals surface area contributed by atoms with Gasteiger partial charge in [0.15, 0.2) is 0 Å². The predicted octanol–water partition coefficient (Wildman–Crippen LogP) is 2.91. The number of sulfonamides is 1. The van der Waals surface area contributed by atoms with E-state index in [1.165, 1.54) is 29.6 Å². The van der Waals surface area contributed by atoms with Crippen LogP contribution in [0.3, 0.4) is 0 Å². The summed E-state index contributed by atoms with van der Waals surface area (Å²) in [7, 11) is -2.17. The zero-order chi connectivity index (χ0) is 15.3. The summed E-state index contributed by atoms with van der Waals surface area (Å²) in [5.74, 6) is 0. The third-order valence-corrected chi connectivity index (χ3v) is 5.38. The van der Waals surface area contributed by atoms with Gasteiger partial charge in [-0.05, 0) is 24.2 Å². The lowest BCUT2D eigenvalue weighted by Gasteiger charge is -2.17. The molecule has 4 nitrogen and oxygen atoms in total. The number of likely N-dealkylation sites (N-methyl/N-ethyl adjacent to an activating group) is 1. The van der Waals surface area contributed by atoms with Crippen LogP contribution in [-0.2, 0) is 16.6 Å². The van der Waals surface area contributed by atoms with Crippen molar-refractivity contribution in [2.45, 2.75) is 18.4 Å². The third-order valence-electron chi connectivity index (χ3n) is 2.74. The Morgan fingerprint density at radius 3 is 2.55 bits per heavy atom. The molecule has 0 amide bonds. The number of rotatable bonds is 7. The molecule has 0 spiro atoms. The normalized spacial score (nSPS) is 11.8. The van der Waals surface area contributed by atoms with E-state index in [1.807, 2.05) is 6.92 Å². The molecule has 0 aromatic heterocycles. The van der Waals surface area contributed by atoms with Crippen LogP contribution in [0.1, 0.15) is 12.5 Å². The van der Waals surface area contributed by atoms with Gasteiger partial charge >= 0.3 is 0 Å². The topological polar surface area (TPSA) is 49.4 Å². The molecule has 1 aromatic carbocycles. The van der Waals surface area contributed by atoms with Crippen LogP contribution in [-0.4, -0.2) is 32.9 Å². The highest BCUT2D eigenvalue weighted by Gasteiger charge is 2.24. The number of halogens is 2. The lowest BCUT2D eigenvalue weighted by molar-refractivity contribution is 0.499. The SMILES string of the molecule is C=CCN(C)S(=O)(=O)c1cc(CNCC)c(Cl)cc1Cl. The maximum Gasteiger partial charge on any atom is 0.244 e. The Hall–Kier alpha value is -0.590. The molecular weight excluding hydrogens is 319 g/mol. The highest BCUT2D eigenvalue weighted by molar-refractivity contribution is 7.89. The fourth-order valence-corrected chi connectivity index (χ4v) is 3.59. The van der Waals surface area contributed by atoms with Gasteiger partial charge in [-0.2, -0.15) is 4.31 Å². The Labute approximate surface area is 130 Å². The maximum atomic E-state index is 12.4. The molecular formula is C13H18Cl2N2O2S. The minimum absolute atomic E-state index is 0.0563. The molecule has 1 aromatic rings. The summed E-state index contributed by atoms with van der Waals surface area (Å²) in [5, 5.41) is 3.67. The molecule has 0 unspecified atom stereocenters. The van der Waals surface area contributed by atoms with Crippen molar-refractivity contribution < 1.29 is 8.42 Å². The van der Waals surface area contributed by atoms with Crippen LogP contribution >= 0.6 is 23.2 Å². The van der Waals surface area contributed by atoms with Gasteiger partial charge in [0.05, 0.1) is 5.02 Å². The standard InChI is InChI=1S/C13H18Cl2N2O2S/c1-4-6-17(3)20(18,19)13-7-10(9-16-5-2)11(14)8-12(13)15/h4,7-8,16H,1,5-6,9H2,2-3H3. The van der Waals surface area contributed by atoms with Gasteiger partial charge in [0.25, 0.3) is 0 Å². The number of hydrogen-bond donors (Lipinski definition) is 1. The molecule has 1 rings (SSSR count). The quantitative estimate of drug-likeness (QED) is 0.779. The van der Waals surface area contributed by atoms with Crippen molar-refractivity contribution in [3.05, 3.63) is 40.4 Å². The number of nitrogens with zero attached hydrogens (tertiary/aromatic N) is 1. The largest absolute Gasteiger partial charge is 0.313 e. The molecule has 0 aliphatic rings. The molecule has 1 N–H and O–H groups in total. The van der Waals surface area contributed by atoms with Gasteiger partial charge in [0.1, 0.15) is 4.90 Å². The Balaban J connectivity index is 3.26. The van der Waals surface area contributed by atoms with Gasteiger partial charge in [-0.25, -0.2) is 8.42 Å². The predicted molar refractivity (Wildman–Crippen MR) is 83.9 cm³/mol. The van der Waals surface area contributed by atoms with E-state index in [0.717, 1.165) is 6.54 Å². The van der Waals surface area contributed by atoms with Gasteiger partial charge in [0, 0.05) is 25.2 Å². The van der Waals surface area contributed by atoms with E-state index >= 15 is 0 Å². The van der Waals surface area contributed by atoms with Crippen molar-refractivity contribution in [2.75, 3.05) is 20.1 Å². The summed E-state index contributed by atoms with van der Waals surface area (Å²) in [5.41, 5.74) is 0.698. The van der Waals surface area contributed by atoms with Crippen molar-refractivity contribution in [3.8, 4) is 0 Å². The summed E-state index contributed by atoms with van der Waals surface area (Å²) < 4.78 is 26.0. The van der Waals surface area contributed by atoms with Crippen LogP contribution in [0.4, 0.5) is 0 Å². The molecule has 0 aliphatic heterocycles. The summed E-state index contributed by atoms with van der Waals surface area (Å²) in [6, 6.07) is 2.98. The first-order valence-corrected chi connectivity index (χ1v) is 8.30. The second-order valence-corrected chi connectivity index (χ2v) is 7.06. The highest BCUT2D eigenvalue weighted by atomic mass is 35.5. The van der Waals surface area contributed by atoms with Crippen LogP contribution in [0, 0.1) is 0 Å². The summed E-state index contributed by atoms with van der Waals surface area (Å²) in [6.07, 6.45) is 1.51. The van der Waals surface area contributed by atoms with E-state index < -0.39 is 10.0 Å². The van der Waals surface area contributed by atoms with E-state index in [-0.39, 0.29) is 16.5 Å². The average Bonchev–Trinajstić information content (AvgIpc) is 2.37. The van der Waals surface area contributed by atoms with Gasteiger partial charge < -0.3 is 5.32 Å². The van der Waals surface area contributed by atoms with Crippen molar-refractivity contribution in [3.63, 3.8) is 0 Å². The van der Waals surface area contributed by atoms with Crippen LogP contribution in [0.2, 0.25) is 10.0 Å². The monoisotopic (exact) mass is 336 g/mol. The molecule has 20 heavy (non-hydrogen) atoms. The van der Waals surface area contributed by atoms with Gasteiger partial charge in [-0.15, -0.1) is 6.58 Å². The zero-order valence-corrected chi connectivity index (χ0v) is 13.8. The maximum absolute atomic E-state index is 12.4. The molecule has 0 bridgehead atoms. The summed E-state index contributed by atoms with van der Waals surface area (Å²) in [6.45, 7) is 6.95. The van der Waals surface area contributed by atoms with Crippen molar-refractivity contribution in [2.24, 2.45) is 0 Å². The lowest BCUT2D eigenvalue weighted by Crippen LogP contribution is -2.27. The number of benzene rings is 1. The minimum atomic E-state index is -3.65. The van der Waals surface area contributed by atoms with Crippen molar-refractivity contribution >= 4 is 33.2 Å². The van der Waals surface area contributed by atoms with Crippen LogP contribution in [0.15, 0.2) is 29.7 Å². The first kappa shape index (κ1) is 17.5. The third kappa shape index (κ3) is 3.96. The first-order chi connectivity index (χ1) is 9.34. The molecule has 0 radical (unpaired) electrons. The Kier molecular flexibility index (Phi) is 6.48. The van der Waals surface area contributed by atoms with E-state index in [4.69, 9.17) is 23.2 Å². The van der Waals surface area contributed by atoms with E-state index in [1.54, 1.807) is 0 Å².